The zero-order valence-corrected chi connectivity index (χ0v) is 15.2. The number of aliphatic imine (C=N–C) groups is 1. The number of ether oxygens (including phenoxy) is 2. The summed E-state index contributed by atoms with van der Waals surface area (Å²) in [7, 11) is 0. The number of hydrogen-bond donors (Lipinski definition) is 2. The van der Waals surface area contributed by atoms with E-state index in [0.717, 1.165) is 64.4 Å². The van der Waals surface area contributed by atoms with Gasteiger partial charge in [0, 0.05) is 39.5 Å². The van der Waals surface area contributed by atoms with Crippen molar-refractivity contribution in [2.75, 3.05) is 46.1 Å². The maximum absolute atomic E-state index is 5.58. The molecule has 0 saturated heterocycles. The van der Waals surface area contributed by atoms with Crippen LogP contribution in [0.5, 0.6) is 0 Å². The maximum Gasteiger partial charge on any atom is 0.191 e. The third kappa shape index (κ3) is 11.7. The van der Waals surface area contributed by atoms with Crippen LogP contribution >= 0.6 is 24.0 Å². The second-order valence-electron chi connectivity index (χ2n) is 4.76. The normalized spacial score (nSPS) is 14.8. The van der Waals surface area contributed by atoms with Crippen LogP contribution in [0.4, 0.5) is 0 Å². The summed E-state index contributed by atoms with van der Waals surface area (Å²) in [6, 6.07) is 0. The maximum atomic E-state index is 5.58. The fourth-order valence-corrected chi connectivity index (χ4v) is 1.62. The molecule has 20 heavy (non-hydrogen) atoms. The van der Waals surface area contributed by atoms with Gasteiger partial charge in [-0.05, 0) is 39.0 Å². The van der Waals surface area contributed by atoms with E-state index in [1.54, 1.807) is 0 Å². The molecule has 1 fully saturated rings. The molecule has 0 aromatic carbocycles. The molecular weight excluding hydrogens is 369 g/mol. The molecule has 0 amide bonds. The molecular formula is C14H30IN3O2. The lowest BCUT2D eigenvalue weighted by Crippen LogP contribution is -2.39. The minimum atomic E-state index is 0. The first-order valence-electron chi connectivity index (χ1n) is 7.54. The lowest BCUT2D eigenvalue weighted by Gasteiger charge is -2.11. The summed E-state index contributed by atoms with van der Waals surface area (Å²) in [4.78, 5) is 4.49. The summed E-state index contributed by atoms with van der Waals surface area (Å²) in [6.07, 6.45) is 3.65. The first-order chi connectivity index (χ1) is 9.36. The summed E-state index contributed by atoms with van der Waals surface area (Å²) in [5, 5.41) is 6.51. The number of hydrogen-bond acceptors (Lipinski definition) is 3. The minimum Gasteiger partial charge on any atom is -0.382 e. The Hall–Kier alpha value is -0.0800. The molecule has 0 atom stereocenters. The van der Waals surface area contributed by atoms with Crippen LogP contribution in [0.15, 0.2) is 4.99 Å². The Kier molecular flexibility index (Phi) is 13.8. The van der Waals surface area contributed by atoms with Crippen LogP contribution in [0.1, 0.15) is 33.1 Å². The van der Waals surface area contributed by atoms with Gasteiger partial charge in [-0.3, -0.25) is 4.99 Å². The number of guanidine groups is 1. The summed E-state index contributed by atoms with van der Waals surface area (Å²) < 4.78 is 10.9. The molecule has 6 heteroatoms. The van der Waals surface area contributed by atoms with Gasteiger partial charge in [0.2, 0.25) is 0 Å². The van der Waals surface area contributed by atoms with Gasteiger partial charge in [0.15, 0.2) is 5.96 Å². The van der Waals surface area contributed by atoms with E-state index in [1.807, 2.05) is 6.92 Å². The van der Waals surface area contributed by atoms with Crippen LogP contribution in [-0.4, -0.2) is 52.0 Å². The molecule has 5 nitrogen and oxygen atoms in total. The molecule has 1 aliphatic rings. The molecule has 0 radical (unpaired) electrons. The van der Waals surface area contributed by atoms with Crippen LogP contribution in [0.3, 0.4) is 0 Å². The van der Waals surface area contributed by atoms with Crippen molar-refractivity contribution in [2.45, 2.75) is 33.1 Å². The van der Waals surface area contributed by atoms with Gasteiger partial charge >= 0.3 is 0 Å². The standard InChI is InChI=1S/C14H29N3O2.HI/c1-3-15-14(16-8-5-10-18-4-2)17-9-11-19-12-13-6-7-13;/h13H,3-12H2,1-2H3,(H2,15,16,17);1H. The summed E-state index contributed by atoms with van der Waals surface area (Å²) in [5.41, 5.74) is 0. The lowest BCUT2D eigenvalue weighted by atomic mass is 10.4. The van der Waals surface area contributed by atoms with E-state index in [4.69, 9.17) is 9.47 Å². The Morgan fingerprint density at radius 2 is 1.95 bits per heavy atom. The summed E-state index contributed by atoms with van der Waals surface area (Å²) in [6.45, 7) is 9.79. The first kappa shape index (κ1) is 19.9. The van der Waals surface area contributed by atoms with E-state index in [-0.39, 0.29) is 24.0 Å². The van der Waals surface area contributed by atoms with Gasteiger partial charge in [0.1, 0.15) is 0 Å². The molecule has 1 aliphatic carbocycles. The highest BCUT2D eigenvalue weighted by molar-refractivity contribution is 14.0. The summed E-state index contributed by atoms with van der Waals surface area (Å²) in [5.74, 6) is 1.70. The van der Waals surface area contributed by atoms with Crippen molar-refractivity contribution in [3.05, 3.63) is 0 Å². The zero-order valence-electron chi connectivity index (χ0n) is 12.8. The van der Waals surface area contributed by atoms with Crippen molar-refractivity contribution in [3.8, 4) is 0 Å². The van der Waals surface area contributed by atoms with E-state index in [2.05, 4.69) is 22.5 Å². The molecule has 120 valence electrons. The molecule has 0 unspecified atom stereocenters. The van der Waals surface area contributed by atoms with Crippen molar-refractivity contribution in [3.63, 3.8) is 0 Å². The number of nitrogens with zero attached hydrogens (tertiary/aromatic N) is 1. The van der Waals surface area contributed by atoms with Crippen LogP contribution in [0, 0.1) is 5.92 Å². The van der Waals surface area contributed by atoms with Crippen LogP contribution in [-0.2, 0) is 9.47 Å². The second kappa shape index (κ2) is 13.9. The fourth-order valence-electron chi connectivity index (χ4n) is 1.62. The topological polar surface area (TPSA) is 54.9 Å². The molecule has 0 aromatic heterocycles. The smallest absolute Gasteiger partial charge is 0.191 e. The van der Waals surface area contributed by atoms with Crippen LogP contribution in [0.25, 0.3) is 0 Å². The quantitative estimate of drug-likeness (QED) is 0.242. The minimum absolute atomic E-state index is 0. The summed E-state index contributed by atoms with van der Waals surface area (Å²) >= 11 is 0. The van der Waals surface area contributed by atoms with Crippen LogP contribution in [0.2, 0.25) is 0 Å². The van der Waals surface area contributed by atoms with E-state index >= 15 is 0 Å². The Morgan fingerprint density at radius 3 is 2.60 bits per heavy atom. The molecule has 1 rings (SSSR count). The monoisotopic (exact) mass is 399 g/mol. The highest BCUT2D eigenvalue weighted by atomic mass is 127. The molecule has 0 bridgehead atoms. The Balaban J connectivity index is 0.00000361. The predicted molar refractivity (Wildman–Crippen MR) is 94.0 cm³/mol. The highest BCUT2D eigenvalue weighted by Crippen LogP contribution is 2.28. The zero-order chi connectivity index (χ0) is 13.8. The van der Waals surface area contributed by atoms with E-state index in [9.17, 15) is 0 Å². The fraction of sp³-hybridized carbons (Fsp3) is 0.929. The number of halogens is 1. The van der Waals surface area contributed by atoms with Gasteiger partial charge in [-0.25, -0.2) is 0 Å². The largest absolute Gasteiger partial charge is 0.382 e. The number of rotatable bonds is 11. The molecule has 0 heterocycles. The highest BCUT2D eigenvalue weighted by Gasteiger charge is 2.20. The van der Waals surface area contributed by atoms with Gasteiger partial charge < -0.3 is 20.1 Å². The van der Waals surface area contributed by atoms with Crippen LogP contribution < -0.4 is 10.6 Å². The first-order valence-corrected chi connectivity index (χ1v) is 7.54. The van der Waals surface area contributed by atoms with E-state index in [0.29, 0.717) is 0 Å². The Morgan fingerprint density at radius 1 is 1.15 bits per heavy atom. The van der Waals surface area contributed by atoms with Gasteiger partial charge in [-0.15, -0.1) is 24.0 Å². The van der Waals surface area contributed by atoms with E-state index < -0.39 is 0 Å². The van der Waals surface area contributed by atoms with Gasteiger partial charge in [0.05, 0.1) is 6.61 Å². The van der Waals surface area contributed by atoms with Crippen molar-refractivity contribution in [1.29, 1.82) is 0 Å². The van der Waals surface area contributed by atoms with Crippen molar-refractivity contribution in [2.24, 2.45) is 10.9 Å². The average molecular weight is 399 g/mol. The third-order valence-corrected chi connectivity index (χ3v) is 2.85. The van der Waals surface area contributed by atoms with Crippen molar-refractivity contribution in [1.82, 2.24) is 10.6 Å². The average Bonchev–Trinajstić information content (AvgIpc) is 3.22. The van der Waals surface area contributed by atoms with Gasteiger partial charge in [-0.2, -0.15) is 0 Å². The Bertz CT molecular complexity index is 249. The SMILES string of the molecule is CCNC(=NCCCOCC)NCCOCC1CC1.I. The Labute approximate surface area is 140 Å². The van der Waals surface area contributed by atoms with E-state index in [1.165, 1.54) is 12.8 Å². The third-order valence-electron chi connectivity index (χ3n) is 2.85. The lowest BCUT2D eigenvalue weighted by molar-refractivity contribution is 0.129. The van der Waals surface area contributed by atoms with Gasteiger partial charge in [0.25, 0.3) is 0 Å². The molecule has 1 saturated carbocycles. The predicted octanol–water partition coefficient (Wildman–Crippen LogP) is 2.01. The molecule has 0 aromatic rings. The van der Waals surface area contributed by atoms with Crippen molar-refractivity contribution >= 4 is 29.9 Å². The van der Waals surface area contributed by atoms with Gasteiger partial charge in [-0.1, -0.05) is 0 Å². The molecule has 0 aliphatic heterocycles. The molecule has 0 spiro atoms. The second-order valence-corrected chi connectivity index (χ2v) is 4.76. The number of nitrogens with one attached hydrogen (secondary N) is 2. The molecule has 2 N–H and O–H groups in total. The van der Waals surface area contributed by atoms with Crippen molar-refractivity contribution < 1.29 is 9.47 Å².